The van der Waals surface area contributed by atoms with Gasteiger partial charge in [0.1, 0.15) is 11.9 Å². The number of aliphatic hydroxyl groups is 1. The monoisotopic (exact) mass is 171 g/mol. The summed E-state index contributed by atoms with van der Waals surface area (Å²) >= 11 is 0. The van der Waals surface area contributed by atoms with Gasteiger partial charge in [0.2, 0.25) is 0 Å². The van der Waals surface area contributed by atoms with Crippen LogP contribution in [0.2, 0.25) is 0 Å². The van der Waals surface area contributed by atoms with E-state index in [4.69, 9.17) is 4.74 Å². The van der Waals surface area contributed by atoms with Crippen LogP contribution in [0.5, 0.6) is 0 Å². The van der Waals surface area contributed by atoms with E-state index in [1.807, 2.05) is 6.08 Å². The third kappa shape index (κ3) is 2.83. The molecule has 0 spiro atoms. The minimum Gasteiger partial charge on any atom is -0.495 e. The van der Waals surface area contributed by atoms with E-state index in [0.29, 0.717) is 6.54 Å². The molecule has 0 aromatic rings. The SMILES string of the molecule is CCCNCC(O)C1=CCCO1. The maximum absolute atomic E-state index is 9.52. The second-order valence-electron chi connectivity index (χ2n) is 2.96. The van der Waals surface area contributed by atoms with E-state index in [0.717, 1.165) is 31.8 Å². The highest BCUT2D eigenvalue weighted by Crippen LogP contribution is 2.12. The van der Waals surface area contributed by atoms with Crippen molar-refractivity contribution in [2.45, 2.75) is 25.9 Å². The first-order valence-corrected chi connectivity index (χ1v) is 4.56. The summed E-state index contributed by atoms with van der Waals surface area (Å²) in [5.74, 6) is 0.735. The fourth-order valence-corrected chi connectivity index (χ4v) is 1.19. The second kappa shape index (κ2) is 5.17. The summed E-state index contributed by atoms with van der Waals surface area (Å²) in [6, 6.07) is 0. The number of rotatable bonds is 5. The molecule has 1 unspecified atom stereocenters. The Kier molecular flexibility index (Phi) is 4.11. The molecule has 1 aliphatic rings. The summed E-state index contributed by atoms with van der Waals surface area (Å²) in [7, 11) is 0. The summed E-state index contributed by atoms with van der Waals surface area (Å²) in [5.41, 5.74) is 0. The van der Waals surface area contributed by atoms with Crippen LogP contribution >= 0.6 is 0 Å². The van der Waals surface area contributed by atoms with Gasteiger partial charge in [-0.25, -0.2) is 0 Å². The molecule has 70 valence electrons. The van der Waals surface area contributed by atoms with Gasteiger partial charge >= 0.3 is 0 Å². The van der Waals surface area contributed by atoms with Gasteiger partial charge < -0.3 is 15.2 Å². The van der Waals surface area contributed by atoms with Crippen molar-refractivity contribution < 1.29 is 9.84 Å². The lowest BCUT2D eigenvalue weighted by Gasteiger charge is -2.12. The van der Waals surface area contributed by atoms with E-state index in [-0.39, 0.29) is 0 Å². The molecule has 1 aliphatic heterocycles. The Labute approximate surface area is 73.4 Å². The molecule has 0 aromatic carbocycles. The van der Waals surface area contributed by atoms with E-state index in [9.17, 15) is 5.11 Å². The smallest absolute Gasteiger partial charge is 0.123 e. The van der Waals surface area contributed by atoms with Crippen molar-refractivity contribution in [3.63, 3.8) is 0 Å². The van der Waals surface area contributed by atoms with Crippen LogP contribution < -0.4 is 5.32 Å². The van der Waals surface area contributed by atoms with Crippen LogP contribution in [0, 0.1) is 0 Å². The van der Waals surface area contributed by atoms with E-state index >= 15 is 0 Å². The Morgan fingerprint density at radius 3 is 3.17 bits per heavy atom. The molecule has 0 bridgehead atoms. The van der Waals surface area contributed by atoms with E-state index in [1.54, 1.807) is 0 Å². The van der Waals surface area contributed by atoms with Gasteiger partial charge in [-0.05, 0) is 19.0 Å². The van der Waals surface area contributed by atoms with E-state index in [2.05, 4.69) is 12.2 Å². The minimum absolute atomic E-state index is 0.459. The van der Waals surface area contributed by atoms with Crippen molar-refractivity contribution in [3.05, 3.63) is 11.8 Å². The van der Waals surface area contributed by atoms with Crippen molar-refractivity contribution in [1.29, 1.82) is 0 Å². The number of nitrogens with one attached hydrogen (secondary N) is 1. The zero-order valence-electron chi connectivity index (χ0n) is 7.55. The highest BCUT2D eigenvalue weighted by atomic mass is 16.5. The van der Waals surface area contributed by atoms with Crippen LogP contribution in [0.3, 0.4) is 0 Å². The molecule has 0 amide bonds. The van der Waals surface area contributed by atoms with Gasteiger partial charge in [-0.2, -0.15) is 0 Å². The van der Waals surface area contributed by atoms with Crippen molar-refractivity contribution in [3.8, 4) is 0 Å². The molecule has 0 saturated carbocycles. The van der Waals surface area contributed by atoms with Crippen LogP contribution in [0.15, 0.2) is 11.8 Å². The predicted octanol–water partition coefficient (Wildman–Crippen LogP) is 0.651. The summed E-state index contributed by atoms with van der Waals surface area (Å²) in [4.78, 5) is 0. The molecular formula is C9H17NO2. The minimum atomic E-state index is -0.459. The lowest BCUT2D eigenvalue weighted by molar-refractivity contribution is 0.117. The fourth-order valence-electron chi connectivity index (χ4n) is 1.19. The van der Waals surface area contributed by atoms with Crippen molar-refractivity contribution in [1.82, 2.24) is 5.32 Å². The standard InChI is InChI=1S/C9H17NO2/c1-2-5-10-7-8(11)9-4-3-6-12-9/h4,8,10-11H,2-3,5-7H2,1H3. The van der Waals surface area contributed by atoms with Crippen LogP contribution in [0.4, 0.5) is 0 Å². The predicted molar refractivity (Wildman–Crippen MR) is 47.8 cm³/mol. The molecule has 1 rings (SSSR count). The highest BCUT2D eigenvalue weighted by molar-refractivity contribution is 5.04. The first-order chi connectivity index (χ1) is 5.84. The largest absolute Gasteiger partial charge is 0.495 e. The average Bonchev–Trinajstić information content (AvgIpc) is 2.56. The van der Waals surface area contributed by atoms with Gasteiger partial charge in [0.25, 0.3) is 0 Å². The normalized spacial score (nSPS) is 18.7. The molecule has 12 heavy (non-hydrogen) atoms. The molecule has 2 N–H and O–H groups in total. The van der Waals surface area contributed by atoms with Crippen LogP contribution in [0.1, 0.15) is 19.8 Å². The first kappa shape index (κ1) is 9.55. The Morgan fingerprint density at radius 1 is 1.75 bits per heavy atom. The number of aliphatic hydroxyl groups excluding tert-OH is 1. The zero-order chi connectivity index (χ0) is 8.81. The summed E-state index contributed by atoms with van der Waals surface area (Å²) < 4.78 is 5.22. The highest BCUT2D eigenvalue weighted by Gasteiger charge is 2.14. The zero-order valence-corrected chi connectivity index (χ0v) is 7.55. The maximum Gasteiger partial charge on any atom is 0.123 e. The van der Waals surface area contributed by atoms with Crippen molar-refractivity contribution in [2.24, 2.45) is 0 Å². The molecule has 0 aromatic heterocycles. The van der Waals surface area contributed by atoms with Crippen LogP contribution in [-0.2, 0) is 4.74 Å². The molecule has 1 atom stereocenters. The molecule has 0 radical (unpaired) electrons. The molecule has 3 heteroatoms. The van der Waals surface area contributed by atoms with Gasteiger partial charge in [-0.1, -0.05) is 6.92 Å². The Bertz CT molecular complexity index is 157. The van der Waals surface area contributed by atoms with Crippen molar-refractivity contribution in [2.75, 3.05) is 19.7 Å². The Hall–Kier alpha value is -0.540. The summed E-state index contributed by atoms with van der Waals surface area (Å²) in [5, 5.41) is 12.7. The second-order valence-corrected chi connectivity index (χ2v) is 2.96. The van der Waals surface area contributed by atoms with Crippen LogP contribution in [0.25, 0.3) is 0 Å². The van der Waals surface area contributed by atoms with Gasteiger partial charge in [0, 0.05) is 13.0 Å². The Balaban J connectivity index is 2.14. The van der Waals surface area contributed by atoms with Crippen molar-refractivity contribution >= 4 is 0 Å². The summed E-state index contributed by atoms with van der Waals surface area (Å²) in [6.07, 6.45) is 3.52. The summed E-state index contributed by atoms with van der Waals surface area (Å²) in [6.45, 7) is 4.37. The number of ether oxygens (including phenoxy) is 1. The quantitative estimate of drug-likeness (QED) is 0.597. The average molecular weight is 171 g/mol. The van der Waals surface area contributed by atoms with Gasteiger partial charge in [-0.3, -0.25) is 0 Å². The topological polar surface area (TPSA) is 41.5 Å². The van der Waals surface area contributed by atoms with E-state index < -0.39 is 6.10 Å². The third-order valence-corrected chi connectivity index (χ3v) is 1.82. The molecule has 0 saturated heterocycles. The lowest BCUT2D eigenvalue weighted by Crippen LogP contribution is -2.28. The maximum atomic E-state index is 9.52. The molecular weight excluding hydrogens is 154 g/mol. The first-order valence-electron chi connectivity index (χ1n) is 4.56. The molecule has 0 aliphatic carbocycles. The molecule has 0 fully saturated rings. The fraction of sp³-hybridized carbons (Fsp3) is 0.778. The van der Waals surface area contributed by atoms with Gasteiger partial charge in [-0.15, -0.1) is 0 Å². The third-order valence-electron chi connectivity index (χ3n) is 1.82. The Morgan fingerprint density at radius 2 is 2.58 bits per heavy atom. The van der Waals surface area contributed by atoms with E-state index in [1.165, 1.54) is 0 Å². The van der Waals surface area contributed by atoms with Gasteiger partial charge in [0.15, 0.2) is 0 Å². The van der Waals surface area contributed by atoms with Gasteiger partial charge in [0.05, 0.1) is 6.61 Å². The number of hydrogen-bond acceptors (Lipinski definition) is 3. The van der Waals surface area contributed by atoms with Crippen LogP contribution in [-0.4, -0.2) is 30.9 Å². The lowest BCUT2D eigenvalue weighted by atomic mass is 10.2. The molecule has 3 nitrogen and oxygen atoms in total. The molecule has 1 heterocycles. The number of hydrogen-bond donors (Lipinski definition) is 2.